The second-order valence-electron chi connectivity index (χ2n) is 8.68. The predicted octanol–water partition coefficient (Wildman–Crippen LogP) is 4.22. The molecule has 3 amide bonds. The maximum Gasteiger partial charge on any atom is 0.255 e. The van der Waals surface area contributed by atoms with Gasteiger partial charge in [0, 0.05) is 23.4 Å². The molecule has 0 radical (unpaired) electrons. The summed E-state index contributed by atoms with van der Waals surface area (Å²) in [6.07, 6.45) is 8.31. The number of nitrogens with one attached hydrogen (secondary N) is 1. The maximum absolute atomic E-state index is 12.9. The number of thioether (sulfide) groups is 1. The Bertz CT molecular complexity index is 810. The Morgan fingerprint density at radius 1 is 1.03 bits per heavy atom. The first-order valence-corrected chi connectivity index (χ1v) is 13.1. The van der Waals surface area contributed by atoms with Gasteiger partial charge in [-0.25, -0.2) is 0 Å². The van der Waals surface area contributed by atoms with Gasteiger partial charge in [-0.2, -0.15) is 0 Å². The molecular weight excluding hydrogens is 422 g/mol. The average molecular weight is 460 g/mol. The Hall–Kier alpha value is -1.86. The Balaban J connectivity index is 1.40. The van der Waals surface area contributed by atoms with Crippen molar-refractivity contribution in [2.24, 2.45) is 0 Å². The van der Waals surface area contributed by atoms with E-state index in [9.17, 15) is 14.4 Å². The van der Waals surface area contributed by atoms with Crippen molar-refractivity contribution in [2.75, 3.05) is 25.4 Å². The van der Waals surface area contributed by atoms with Crippen molar-refractivity contribution in [3.05, 3.63) is 29.3 Å². The zero-order valence-electron chi connectivity index (χ0n) is 19.5. The average Bonchev–Trinajstić information content (AvgIpc) is 3.12. The molecule has 0 bridgehead atoms. The molecule has 2 aliphatic heterocycles. The second-order valence-corrected chi connectivity index (χ2v) is 9.82. The quantitative estimate of drug-likeness (QED) is 0.272. The number of fused-ring (bicyclic) bond motifs is 1. The van der Waals surface area contributed by atoms with E-state index in [0.717, 1.165) is 29.3 Å². The van der Waals surface area contributed by atoms with Crippen LogP contribution in [0.5, 0.6) is 0 Å². The van der Waals surface area contributed by atoms with Crippen LogP contribution in [0.3, 0.4) is 0 Å². The number of hydrogen-bond donors (Lipinski definition) is 1. The molecule has 2 aliphatic rings. The summed E-state index contributed by atoms with van der Waals surface area (Å²) in [5.41, 5.74) is 1.73. The number of nitrogens with zero attached hydrogens (tertiary/aromatic N) is 2. The molecule has 32 heavy (non-hydrogen) atoms. The van der Waals surface area contributed by atoms with Crippen molar-refractivity contribution in [2.45, 2.75) is 82.7 Å². The SMILES string of the molecule is CCN(CC)CCCCCCCCSc1cccc2c1CN(C1CCC(=O)NC1=O)C2=O. The smallest absolute Gasteiger partial charge is 0.255 e. The van der Waals surface area contributed by atoms with Crippen LogP contribution in [0.15, 0.2) is 23.1 Å². The van der Waals surface area contributed by atoms with Gasteiger partial charge in [0.15, 0.2) is 0 Å². The van der Waals surface area contributed by atoms with E-state index in [4.69, 9.17) is 0 Å². The minimum absolute atomic E-state index is 0.0957. The number of imide groups is 1. The highest BCUT2D eigenvalue weighted by atomic mass is 32.2. The summed E-state index contributed by atoms with van der Waals surface area (Å²) in [5.74, 6) is 0.341. The van der Waals surface area contributed by atoms with Crippen molar-refractivity contribution >= 4 is 29.5 Å². The van der Waals surface area contributed by atoms with Crippen LogP contribution in [-0.4, -0.2) is 59.0 Å². The normalized spacial score (nSPS) is 18.4. The fraction of sp³-hybridized carbons (Fsp3) is 0.640. The Labute approximate surface area is 196 Å². The van der Waals surface area contributed by atoms with E-state index < -0.39 is 6.04 Å². The molecule has 0 aromatic heterocycles. The fourth-order valence-corrected chi connectivity index (χ4v) is 5.65. The van der Waals surface area contributed by atoms with Crippen LogP contribution in [0.4, 0.5) is 0 Å². The lowest BCUT2D eigenvalue weighted by molar-refractivity contribution is -0.136. The maximum atomic E-state index is 12.9. The molecule has 1 N–H and O–H groups in total. The van der Waals surface area contributed by atoms with Crippen molar-refractivity contribution in [3.8, 4) is 0 Å². The van der Waals surface area contributed by atoms with Gasteiger partial charge < -0.3 is 9.80 Å². The molecule has 176 valence electrons. The molecule has 0 saturated carbocycles. The molecular formula is C25H37N3O3S. The summed E-state index contributed by atoms with van der Waals surface area (Å²) < 4.78 is 0. The van der Waals surface area contributed by atoms with Crippen LogP contribution >= 0.6 is 11.8 Å². The Kier molecular flexibility index (Phi) is 9.60. The molecule has 1 aromatic rings. The van der Waals surface area contributed by atoms with Gasteiger partial charge in [-0.3, -0.25) is 19.7 Å². The lowest BCUT2D eigenvalue weighted by Gasteiger charge is -2.29. The molecule has 1 fully saturated rings. The van der Waals surface area contributed by atoms with Crippen LogP contribution < -0.4 is 5.32 Å². The van der Waals surface area contributed by atoms with E-state index in [1.807, 2.05) is 23.9 Å². The summed E-state index contributed by atoms with van der Waals surface area (Å²) in [6, 6.07) is 5.32. The highest BCUT2D eigenvalue weighted by Gasteiger charge is 2.39. The van der Waals surface area contributed by atoms with Gasteiger partial charge in [-0.05, 0) is 62.3 Å². The summed E-state index contributed by atoms with van der Waals surface area (Å²) in [5, 5.41) is 2.37. The third kappa shape index (κ3) is 6.35. The van der Waals surface area contributed by atoms with Gasteiger partial charge in [0.05, 0.1) is 0 Å². The monoisotopic (exact) mass is 459 g/mol. The first-order valence-electron chi connectivity index (χ1n) is 12.2. The van der Waals surface area contributed by atoms with Crippen LogP contribution in [-0.2, 0) is 16.1 Å². The van der Waals surface area contributed by atoms with Crippen molar-refractivity contribution < 1.29 is 14.4 Å². The number of carbonyl (C=O) groups excluding carboxylic acids is 3. The zero-order valence-corrected chi connectivity index (χ0v) is 20.3. The van der Waals surface area contributed by atoms with Gasteiger partial charge in [0.25, 0.3) is 5.91 Å². The molecule has 7 heteroatoms. The number of hydrogen-bond acceptors (Lipinski definition) is 5. The molecule has 1 atom stereocenters. The number of piperidine rings is 1. The van der Waals surface area contributed by atoms with Gasteiger partial charge in [-0.1, -0.05) is 45.6 Å². The van der Waals surface area contributed by atoms with Gasteiger partial charge in [0.2, 0.25) is 11.8 Å². The molecule has 0 aliphatic carbocycles. The number of carbonyl (C=O) groups is 3. The summed E-state index contributed by atoms with van der Waals surface area (Å²) in [7, 11) is 0. The molecule has 0 spiro atoms. The third-order valence-electron chi connectivity index (χ3n) is 6.56. The van der Waals surface area contributed by atoms with E-state index in [1.54, 1.807) is 4.90 Å². The third-order valence-corrected chi connectivity index (χ3v) is 7.75. The minimum Gasteiger partial charge on any atom is -0.322 e. The highest BCUT2D eigenvalue weighted by molar-refractivity contribution is 7.99. The minimum atomic E-state index is -0.549. The lowest BCUT2D eigenvalue weighted by Crippen LogP contribution is -2.52. The van der Waals surface area contributed by atoms with E-state index in [-0.39, 0.29) is 24.1 Å². The summed E-state index contributed by atoms with van der Waals surface area (Å²) in [6.45, 7) is 8.42. The summed E-state index contributed by atoms with van der Waals surface area (Å²) >= 11 is 1.82. The molecule has 1 unspecified atom stereocenters. The van der Waals surface area contributed by atoms with Crippen LogP contribution in [0.2, 0.25) is 0 Å². The van der Waals surface area contributed by atoms with E-state index in [2.05, 4.69) is 30.1 Å². The van der Waals surface area contributed by atoms with Gasteiger partial charge >= 0.3 is 0 Å². The van der Waals surface area contributed by atoms with Crippen molar-refractivity contribution in [3.63, 3.8) is 0 Å². The zero-order chi connectivity index (χ0) is 22.9. The molecule has 1 saturated heterocycles. The highest BCUT2D eigenvalue weighted by Crippen LogP contribution is 2.34. The van der Waals surface area contributed by atoms with E-state index in [0.29, 0.717) is 18.5 Å². The van der Waals surface area contributed by atoms with Crippen LogP contribution in [0.1, 0.15) is 81.1 Å². The molecule has 2 heterocycles. The molecule has 1 aromatic carbocycles. The standard InChI is InChI=1S/C25H37N3O3S/c1-3-27(4-2)16-9-7-5-6-8-10-17-32-22-13-11-12-19-20(22)18-28(25(19)31)21-14-15-23(29)26-24(21)30/h11-13,21H,3-10,14-18H2,1-2H3,(H,26,29,30). The van der Waals surface area contributed by atoms with Crippen molar-refractivity contribution in [1.82, 2.24) is 15.1 Å². The first-order chi connectivity index (χ1) is 15.5. The van der Waals surface area contributed by atoms with Crippen LogP contribution in [0, 0.1) is 0 Å². The lowest BCUT2D eigenvalue weighted by atomic mass is 10.0. The largest absolute Gasteiger partial charge is 0.322 e. The number of benzene rings is 1. The second kappa shape index (κ2) is 12.4. The number of amides is 3. The Morgan fingerprint density at radius 3 is 2.47 bits per heavy atom. The topological polar surface area (TPSA) is 69.7 Å². The summed E-state index contributed by atoms with van der Waals surface area (Å²) in [4.78, 5) is 41.9. The first kappa shape index (κ1) is 24.8. The molecule has 3 rings (SSSR count). The molecule has 6 nitrogen and oxygen atoms in total. The Morgan fingerprint density at radius 2 is 1.75 bits per heavy atom. The fourth-order valence-electron chi connectivity index (χ4n) is 4.56. The number of unbranched alkanes of at least 4 members (excludes halogenated alkanes) is 5. The predicted molar refractivity (Wildman–Crippen MR) is 129 cm³/mol. The van der Waals surface area contributed by atoms with E-state index >= 15 is 0 Å². The van der Waals surface area contributed by atoms with Gasteiger partial charge in [-0.15, -0.1) is 11.8 Å². The van der Waals surface area contributed by atoms with Crippen molar-refractivity contribution in [1.29, 1.82) is 0 Å². The van der Waals surface area contributed by atoms with E-state index in [1.165, 1.54) is 45.1 Å². The number of rotatable bonds is 13. The van der Waals surface area contributed by atoms with Gasteiger partial charge in [0.1, 0.15) is 6.04 Å². The van der Waals surface area contributed by atoms with Crippen LogP contribution in [0.25, 0.3) is 0 Å².